The number of pyridine rings is 1. The van der Waals surface area contributed by atoms with E-state index >= 15 is 0 Å². The molecule has 1 aromatic carbocycles. The van der Waals surface area contributed by atoms with Crippen molar-refractivity contribution in [1.29, 1.82) is 5.26 Å². The van der Waals surface area contributed by atoms with Crippen LogP contribution < -0.4 is 10.6 Å². The molecule has 23 heavy (non-hydrogen) atoms. The minimum Gasteiger partial charge on any atom is -0.388 e. The lowest BCUT2D eigenvalue weighted by atomic mass is 10.1. The quantitative estimate of drug-likeness (QED) is 0.767. The summed E-state index contributed by atoms with van der Waals surface area (Å²) in [7, 11) is 1.88. The summed E-state index contributed by atoms with van der Waals surface area (Å²) in [6, 6.07) is 9.88. The highest BCUT2D eigenvalue weighted by atomic mass is 15.1. The van der Waals surface area contributed by atoms with E-state index in [1.165, 1.54) is 12.4 Å². The molecule has 0 aliphatic rings. The van der Waals surface area contributed by atoms with E-state index in [0.717, 1.165) is 16.5 Å². The topological polar surface area (TPSA) is 86.5 Å². The highest BCUT2D eigenvalue weighted by Crippen LogP contribution is 2.24. The van der Waals surface area contributed by atoms with Gasteiger partial charge in [-0.25, -0.2) is 15.0 Å². The number of hydrogen-bond donors (Lipinski definition) is 2. The Balaban J connectivity index is 0.000000924. The lowest BCUT2D eigenvalue weighted by Gasteiger charge is -2.08. The second-order valence-corrected chi connectivity index (χ2v) is 4.37. The van der Waals surface area contributed by atoms with Gasteiger partial charge in [-0.05, 0) is 17.5 Å². The molecule has 0 aliphatic carbocycles. The van der Waals surface area contributed by atoms with Crippen molar-refractivity contribution >= 4 is 28.1 Å². The summed E-state index contributed by atoms with van der Waals surface area (Å²) >= 11 is 0. The van der Waals surface area contributed by atoms with E-state index in [0.29, 0.717) is 11.6 Å². The number of aromatic nitrogens is 3. The van der Waals surface area contributed by atoms with E-state index in [-0.39, 0.29) is 5.69 Å². The molecule has 0 bridgehead atoms. The number of fused-ring (bicyclic) bond motifs is 1. The third-order valence-corrected chi connectivity index (χ3v) is 3.06. The molecule has 6 nitrogen and oxygen atoms in total. The number of nitriles is 1. The van der Waals surface area contributed by atoms with Gasteiger partial charge in [0, 0.05) is 24.3 Å². The average molecular weight is 306 g/mol. The van der Waals surface area contributed by atoms with Crippen LogP contribution in [0.5, 0.6) is 0 Å². The predicted molar refractivity (Wildman–Crippen MR) is 92.7 cm³/mol. The van der Waals surface area contributed by atoms with Crippen molar-refractivity contribution in [3.63, 3.8) is 0 Å². The smallest absolute Gasteiger partial charge is 0.158 e. The van der Waals surface area contributed by atoms with Crippen LogP contribution in [0.4, 0.5) is 17.3 Å². The van der Waals surface area contributed by atoms with E-state index in [1.807, 2.05) is 51.2 Å². The van der Waals surface area contributed by atoms with Crippen LogP contribution >= 0.6 is 0 Å². The first kappa shape index (κ1) is 16.2. The van der Waals surface area contributed by atoms with Crippen LogP contribution in [0.2, 0.25) is 0 Å². The normalized spacial score (nSPS) is 9.48. The first-order chi connectivity index (χ1) is 11.3. The van der Waals surface area contributed by atoms with Gasteiger partial charge < -0.3 is 10.6 Å². The highest BCUT2D eigenvalue weighted by molar-refractivity contribution is 5.94. The largest absolute Gasteiger partial charge is 0.388 e. The van der Waals surface area contributed by atoms with E-state index in [2.05, 4.69) is 25.6 Å². The molecule has 3 rings (SSSR count). The van der Waals surface area contributed by atoms with Crippen molar-refractivity contribution in [3.05, 3.63) is 48.5 Å². The van der Waals surface area contributed by atoms with Crippen LogP contribution in [-0.4, -0.2) is 22.0 Å². The van der Waals surface area contributed by atoms with Crippen molar-refractivity contribution < 1.29 is 0 Å². The van der Waals surface area contributed by atoms with Gasteiger partial charge in [0.05, 0.1) is 12.4 Å². The minimum absolute atomic E-state index is 0.283. The summed E-state index contributed by atoms with van der Waals surface area (Å²) in [5, 5.41) is 17.0. The highest BCUT2D eigenvalue weighted by Gasteiger charge is 2.03. The number of nitrogens with zero attached hydrogens (tertiary/aromatic N) is 4. The fourth-order valence-corrected chi connectivity index (χ4v) is 2.04. The van der Waals surface area contributed by atoms with Crippen LogP contribution in [-0.2, 0) is 0 Å². The Bertz CT molecular complexity index is 821. The summed E-state index contributed by atoms with van der Waals surface area (Å²) in [6.07, 6.45) is 4.73. The Morgan fingerprint density at radius 1 is 1.00 bits per heavy atom. The van der Waals surface area contributed by atoms with Gasteiger partial charge in [-0.3, -0.25) is 0 Å². The maximum Gasteiger partial charge on any atom is 0.158 e. The number of benzene rings is 1. The van der Waals surface area contributed by atoms with Crippen LogP contribution in [0, 0.1) is 11.3 Å². The molecule has 0 fully saturated rings. The van der Waals surface area contributed by atoms with Gasteiger partial charge in [-0.1, -0.05) is 26.0 Å². The number of nitrogens with one attached hydrogen (secondary N) is 2. The molecule has 0 aliphatic heterocycles. The zero-order chi connectivity index (χ0) is 16.7. The van der Waals surface area contributed by atoms with Gasteiger partial charge in [0.25, 0.3) is 0 Å². The zero-order valence-electron chi connectivity index (χ0n) is 13.3. The van der Waals surface area contributed by atoms with Crippen LogP contribution in [0.25, 0.3) is 10.8 Å². The summed E-state index contributed by atoms with van der Waals surface area (Å²) in [6.45, 7) is 4.00. The lowest BCUT2D eigenvalue weighted by Crippen LogP contribution is -1.98. The number of rotatable bonds is 3. The monoisotopic (exact) mass is 306 g/mol. The number of anilines is 3. The summed E-state index contributed by atoms with van der Waals surface area (Å²) in [5.41, 5.74) is 1.32. The first-order valence-corrected chi connectivity index (χ1v) is 7.36. The van der Waals surface area contributed by atoms with Crippen molar-refractivity contribution in [1.82, 2.24) is 15.0 Å². The predicted octanol–water partition coefficient (Wildman–Crippen LogP) is 3.71. The summed E-state index contributed by atoms with van der Waals surface area (Å²) < 4.78 is 0. The molecule has 0 radical (unpaired) electrons. The van der Waals surface area contributed by atoms with Gasteiger partial charge in [-0.15, -0.1) is 0 Å². The zero-order valence-corrected chi connectivity index (χ0v) is 13.3. The van der Waals surface area contributed by atoms with E-state index < -0.39 is 0 Å². The number of hydrogen-bond acceptors (Lipinski definition) is 6. The Morgan fingerprint density at radius 3 is 2.43 bits per heavy atom. The van der Waals surface area contributed by atoms with Crippen molar-refractivity contribution in [2.24, 2.45) is 0 Å². The maximum absolute atomic E-state index is 8.69. The molecule has 0 amide bonds. The van der Waals surface area contributed by atoms with Crippen LogP contribution in [0.15, 0.2) is 42.9 Å². The van der Waals surface area contributed by atoms with Gasteiger partial charge in [0.2, 0.25) is 0 Å². The van der Waals surface area contributed by atoms with E-state index in [4.69, 9.17) is 5.26 Å². The summed E-state index contributed by atoms with van der Waals surface area (Å²) in [4.78, 5) is 12.4. The molecule has 6 heteroatoms. The van der Waals surface area contributed by atoms with Crippen molar-refractivity contribution in [2.75, 3.05) is 17.7 Å². The molecular weight excluding hydrogens is 288 g/mol. The molecule has 2 heterocycles. The van der Waals surface area contributed by atoms with E-state index in [9.17, 15) is 0 Å². The molecule has 0 unspecified atom stereocenters. The fourth-order valence-electron chi connectivity index (χ4n) is 2.04. The minimum atomic E-state index is 0.283. The molecule has 2 aromatic heterocycles. The van der Waals surface area contributed by atoms with Gasteiger partial charge in [0.1, 0.15) is 17.7 Å². The molecule has 0 atom stereocenters. The Kier molecular flexibility index (Phi) is 5.42. The van der Waals surface area contributed by atoms with Crippen molar-refractivity contribution in [2.45, 2.75) is 13.8 Å². The molecule has 2 N–H and O–H groups in total. The lowest BCUT2D eigenvalue weighted by molar-refractivity contribution is 1.15. The SMILES string of the molecule is CC.CNc1cccc2cc(Nc3cnc(C#N)cn3)ncc12. The van der Waals surface area contributed by atoms with E-state index in [1.54, 1.807) is 6.20 Å². The Hall–Kier alpha value is -3.20. The molecular formula is C17H18N6. The van der Waals surface area contributed by atoms with Crippen LogP contribution in [0.3, 0.4) is 0 Å². The third-order valence-electron chi connectivity index (χ3n) is 3.06. The summed E-state index contributed by atoms with van der Waals surface area (Å²) in [5.74, 6) is 1.22. The standard InChI is InChI=1S/C15H12N6.C2H6/c1-17-13-4-2-3-10-5-14(20-8-12(10)13)21-15-9-18-11(6-16)7-19-15;1-2/h2-5,7-9,17H,1H3,(H,19,20,21);1-2H3. The second kappa shape index (κ2) is 7.71. The van der Waals surface area contributed by atoms with Gasteiger partial charge in [-0.2, -0.15) is 5.26 Å². The fraction of sp³-hybridized carbons (Fsp3) is 0.176. The molecule has 116 valence electrons. The molecule has 0 saturated carbocycles. The molecule has 3 aromatic rings. The first-order valence-electron chi connectivity index (χ1n) is 7.36. The van der Waals surface area contributed by atoms with Crippen LogP contribution in [0.1, 0.15) is 19.5 Å². The third kappa shape index (κ3) is 3.71. The Morgan fingerprint density at radius 2 is 1.78 bits per heavy atom. The second-order valence-electron chi connectivity index (χ2n) is 4.37. The van der Waals surface area contributed by atoms with Gasteiger partial charge >= 0.3 is 0 Å². The molecule has 0 spiro atoms. The average Bonchev–Trinajstić information content (AvgIpc) is 2.63. The van der Waals surface area contributed by atoms with Crippen molar-refractivity contribution in [3.8, 4) is 6.07 Å². The maximum atomic E-state index is 8.69. The Labute approximate surface area is 135 Å². The van der Waals surface area contributed by atoms with Gasteiger partial charge in [0.15, 0.2) is 5.69 Å². The molecule has 0 saturated heterocycles.